The fourth-order valence-corrected chi connectivity index (χ4v) is 7.85. The molecule has 240 valence electrons. The van der Waals surface area contributed by atoms with Crippen LogP contribution in [0.2, 0.25) is 0 Å². The maximum atomic E-state index is 13.5. The average Bonchev–Trinajstić information content (AvgIpc) is 3.43. The number of carboxylic acids is 1. The third-order valence-electron chi connectivity index (χ3n) is 8.99. The van der Waals surface area contributed by atoms with Crippen molar-refractivity contribution in [2.75, 3.05) is 19.5 Å². The Balaban J connectivity index is 1.61. The standard InChI is InChI=1S/C34H42N4O6S/c1-8-25-19-37(20-45(41,42)29-13-11-10-12-27(29)44-25)18-24-16-23(15-14-21(24)3)30(34(5,6)33(39)40)26-17-28(43-7)32-31(22(26)4)35-36-38(32)9-2/h10-17,25,30H,8-9,18-20H2,1-7H3,(H,39,40)/t25-,30-/m1/s1. The first-order valence-electron chi connectivity index (χ1n) is 15.3. The van der Waals surface area contributed by atoms with Crippen molar-refractivity contribution in [3.8, 4) is 11.5 Å². The van der Waals surface area contributed by atoms with Gasteiger partial charge in [-0.15, -0.1) is 5.10 Å². The zero-order chi connectivity index (χ0) is 32.7. The van der Waals surface area contributed by atoms with Crippen LogP contribution in [0.15, 0.2) is 53.4 Å². The van der Waals surface area contributed by atoms with Crippen molar-refractivity contribution in [1.29, 1.82) is 0 Å². The molecular weight excluding hydrogens is 592 g/mol. The zero-order valence-electron chi connectivity index (χ0n) is 27.0. The van der Waals surface area contributed by atoms with Gasteiger partial charge in [0.2, 0.25) is 0 Å². The van der Waals surface area contributed by atoms with Gasteiger partial charge < -0.3 is 14.6 Å². The molecule has 0 amide bonds. The van der Waals surface area contributed by atoms with E-state index in [0.29, 0.717) is 43.1 Å². The molecule has 45 heavy (non-hydrogen) atoms. The molecule has 0 spiro atoms. The Kier molecular flexibility index (Phi) is 8.97. The van der Waals surface area contributed by atoms with Gasteiger partial charge in [0.15, 0.2) is 9.84 Å². The van der Waals surface area contributed by atoms with Gasteiger partial charge in [0.25, 0.3) is 0 Å². The molecule has 0 saturated carbocycles. The molecule has 0 bridgehead atoms. The van der Waals surface area contributed by atoms with E-state index < -0.39 is 27.1 Å². The SMILES string of the molecule is CC[C@@H]1CN(Cc2cc([C@H](c3cc(OC)c4c(nnn4CC)c3C)C(C)(C)C(=O)O)ccc2C)CS(=O)(=O)c2ccccc2O1. The number of hydrogen-bond donors (Lipinski definition) is 1. The first kappa shape index (κ1) is 32.4. The van der Waals surface area contributed by atoms with E-state index in [2.05, 4.69) is 10.3 Å². The lowest BCUT2D eigenvalue weighted by molar-refractivity contribution is -0.147. The third kappa shape index (κ3) is 6.03. The van der Waals surface area contributed by atoms with Gasteiger partial charge in [0, 0.05) is 25.6 Å². The minimum atomic E-state index is -3.66. The highest BCUT2D eigenvalue weighted by atomic mass is 32.2. The summed E-state index contributed by atoms with van der Waals surface area (Å²) in [4.78, 5) is 14.9. The fourth-order valence-electron chi connectivity index (χ4n) is 6.33. The van der Waals surface area contributed by atoms with Crippen LogP contribution in [0.3, 0.4) is 0 Å². The lowest BCUT2D eigenvalue weighted by Gasteiger charge is -2.34. The number of hydrogen-bond acceptors (Lipinski definition) is 8. The van der Waals surface area contributed by atoms with Crippen LogP contribution in [0.4, 0.5) is 0 Å². The third-order valence-corrected chi connectivity index (χ3v) is 10.7. The summed E-state index contributed by atoms with van der Waals surface area (Å²) in [6.45, 7) is 12.8. The van der Waals surface area contributed by atoms with Crippen molar-refractivity contribution < 1.29 is 27.8 Å². The molecule has 0 fully saturated rings. The molecule has 1 N–H and O–H groups in total. The summed E-state index contributed by atoms with van der Waals surface area (Å²) in [6.07, 6.45) is 0.521. The molecule has 1 aliphatic rings. The van der Waals surface area contributed by atoms with Crippen molar-refractivity contribution >= 4 is 26.8 Å². The van der Waals surface area contributed by atoms with Crippen molar-refractivity contribution in [3.63, 3.8) is 0 Å². The summed E-state index contributed by atoms with van der Waals surface area (Å²) in [7, 11) is -2.07. The van der Waals surface area contributed by atoms with E-state index in [1.807, 2.05) is 56.9 Å². The predicted octanol–water partition coefficient (Wildman–Crippen LogP) is 5.72. The highest BCUT2D eigenvalue weighted by Crippen LogP contribution is 2.46. The van der Waals surface area contributed by atoms with Crippen molar-refractivity contribution in [1.82, 2.24) is 19.9 Å². The smallest absolute Gasteiger partial charge is 0.310 e. The molecule has 0 aliphatic carbocycles. The van der Waals surface area contributed by atoms with E-state index in [4.69, 9.17) is 9.47 Å². The molecule has 5 rings (SSSR count). The molecule has 0 radical (unpaired) electrons. The van der Waals surface area contributed by atoms with Gasteiger partial charge >= 0.3 is 5.97 Å². The number of fused-ring (bicyclic) bond motifs is 2. The minimum Gasteiger partial charge on any atom is -0.494 e. The second-order valence-corrected chi connectivity index (χ2v) is 14.3. The monoisotopic (exact) mass is 634 g/mol. The fraction of sp³-hybridized carbons (Fsp3) is 0.441. The molecule has 3 aromatic carbocycles. The largest absolute Gasteiger partial charge is 0.494 e. The quantitative estimate of drug-likeness (QED) is 0.246. The van der Waals surface area contributed by atoms with Gasteiger partial charge in [-0.1, -0.05) is 42.5 Å². The summed E-state index contributed by atoms with van der Waals surface area (Å²) in [5.41, 5.74) is 4.55. The molecule has 4 aromatic rings. The second kappa shape index (κ2) is 12.4. The number of para-hydroxylation sites is 1. The van der Waals surface area contributed by atoms with E-state index in [-0.39, 0.29) is 16.9 Å². The minimum absolute atomic E-state index is 0.155. The highest BCUT2D eigenvalue weighted by Gasteiger charge is 2.41. The summed E-state index contributed by atoms with van der Waals surface area (Å²) >= 11 is 0. The van der Waals surface area contributed by atoms with Gasteiger partial charge in [0.05, 0.1) is 12.5 Å². The molecule has 2 atom stereocenters. The topological polar surface area (TPSA) is 124 Å². The summed E-state index contributed by atoms with van der Waals surface area (Å²) in [5, 5.41) is 19.2. The number of aryl methyl sites for hydroxylation is 3. The molecule has 0 unspecified atom stereocenters. The summed E-state index contributed by atoms with van der Waals surface area (Å²) in [5.74, 6) is -0.705. The van der Waals surface area contributed by atoms with Crippen LogP contribution >= 0.6 is 0 Å². The van der Waals surface area contributed by atoms with Crippen LogP contribution in [-0.2, 0) is 27.7 Å². The maximum absolute atomic E-state index is 13.5. The molecule has 10 nitrogen and oxygen atoms in total. The number of sulfone groups is 1. The van der Waals surface area contributed by atoms with E-state index >= 15 is 0 Å². The van der Waals surface area contributed by atoms with Crippen LogP contribution in [0, 0.1) is 19.3 Å². The second-order valence-electron chi connectivity index (χ2n) is 12.4. The molecule has 11 heteroatoms. The highest BCUT2D eigenvalue weighted by molar-refractivity contribution is 7.91. The number of methoxy groups -OCH3 is 1. The molecule has 0 saturated heterocycles. The number of nitrogens with zero attached hydrogens (tertiary/aromatic N) is 4. The first-order chi connectivity index (χ1) is 21.3. The number of benzene rings is 3. The Morgan fingerprint density at radius 1 is 1.16 bits per heavy atom. The Bertz CT molecular complexity index is 1850. The predicted molar refractivity (Wildman–Crippen MR) is 173 cm³/mol. The van der Waals surface area contributed by atoms with E-state index in [0.717, 1.165) is 33.3 Å². The lowest BCUT2D eigenvalue weighted by atomic mass is 9.69. The number of aliphatic carboxylic acids is 1. The van der Waals surface area contributed by atoms with E-state index in [1.54, 1.807) is 49.9 Å². The van der Waals surface area contributed by atoms with E-state index in [1.165, 1.54) is 0 Å². The van der Waals surface area contributed by atoms with Gasteiger partial charge in [-0.05, 0) is 87.1 Å². The van der Waals surface area contributed by atoms with Gasteiger partial charge in [-0.3, -0.25) is 9.69 Å². The number of carboxylic acid groups (broad SMARTS) is 1. The Hall–Kier alpha value is -3.96. The molecule has 2 heterocycles. The number of rotatable bonds is 9. The maximum Gasteiger partial charge on any atom is 0.310 e. The number of aromatic nitrogens is 3. The van der Waals surface area contributed by atoms with Crippen molar-refractivity contribution in [3.05, 3.63) is 76.3 Å². The van der Waals surface area contributed by atoms with Crippen molar-refractivity contribution in [2.45, 2.75) is 78.0 Å². The zero-order valence-corrected chi connectivity index (χ0v) is 27.8. The normalized spacial score (nSPS) is 17.6. The summed E-state index contributed by atoms with van der Waals surface area (Å²) in [6, 6.07) is 14.7. The lowest BCUT2D eigenvalue weighted by Crippen LogP contribution is -2.40. The Morgan fingerprint density at radius 2 is 1.89 bits per heavy atom. The van der Waals surface area contributed by atoms with Gasteiger partial charge in [-0.2, -0.15) is 0 Å². The van der Waals surface area contributed by atoms with Crippen molar-refractivity contribution in [2.24, 2.45) is 5.41 Å². The summed E-state index contributed by atoms with van der Waals surface area (Å²) < 4.78 is 40.8. The molecule has 1 aromatic heterocycles. The van der Waals surface area contributed by atoms with Crippen LogP contribution < -0.4 is 9.47 Å². The van der Waals surface area contributed by atoms with Crippen LogP contribution in [0.25, 0.3) is 11.0 Å². The molecular formula is C34H42N4O6S. The van der Waals surface area contributed by atoms with Crippen LogP contribution in [0.1, 0.15) is 67.9 Å². The van der Waals surface area contributed by atoms with Gasteiger partial charge in [0.1, 0.15) is 39.4 Å². The molecule has 1 aliphatic heterocycles. The van der Waals surface area contributed by atoms with E-state index in [9.17, 15) is 18.3 Å². The first-order valence-corrected chi connectivity index (χ1v) is 16.9. The number of carbonyl (C=O) groups is 1. The average molecular weight is 635 g/mol. The van der Waals surface area contributed by atoms with Crippen LogP contribution in [0.5, 0.6) is 11.5 Å². The Labute approximate surface area is 264 Å². The Morgan fingerprint density at radius 3 is 2.56 bits per heavy atom. The number of ether oxygens (including phenoxy) is 2. The van der Waals surface area contributed by atoms with Crippen LogP contribution in [-0.4, -0.2) is 65.0 Å². The van der Waals surface area contributed by atoms with Gasteiger partial charge in [-0.25, -0.2) is 13.1 Å².